The topological polar surface area (TPSA) is 51.5 Å². The van der Waals surface area contributed by atoms with Crippen LogP contribution in [0, 0.1) is 5.41 Å². The molecule has 5 rings (SSSR count). The van der Waals surface area contributed by atoms with Crippen LogP contribution in [0.4, 0.5) is 4.79 Å². The highest BCUT2D eigenvalue weighted by atomic mass is 16.6. The van der Waals surface area contributed by atoms with Crippen LogP contribution in [0.1, 0.15) is 54.8 Å². The highest BCUT2D eigenvalue weighted by molar-refractivity contribution is 6.01. The molecule has 3 heterocycles. The molecule has 3 aromatic rings. The Balaban J connectivity index is 1.55. The maximum atomic E-state index is 13.2. The number of piperidine rings is 1. The van der Waals surface area contributed by atoms with Gasteiger partial charge in [-0.3, -0.25) is 9.69 Å². The average Bonchev–Trinajstić information content (AvgIpc) is 3.18. The number of rotatable bonds is 3. The van der Waals surface area contributed by atoms with Crippen molar-refractivity contribution < 1.29 is 14.3 Å². The lowest BCUT2D eigenvalue weighted by Gasteiger charge is -2.52. The van der Waals surface area contributed by atoms with Gasteiger partial charge in [0.25, 0.3) is 0 Å². The zero-order valence-corrected chi connectivity index (χ0v) is 17.2. The summed E-state index contributed by atoms with van der Waals surface area (Å²) in [5.41, 5.74) is 2.42. The monoisotopic (exact) mass is 402 g/mol. The average molecular weight is 402 g/mol. The first-order chi connectivity index (χ1) is 14.6. The predicted octanol–water partition coefficient (Wildman–Crippen LogP) is 5.56. The van der Waals surface area contributed by atoms with Crippen molar-refractivity contribution in [2.45, 2.75) is 45.4 Å². The first-order valence-corrected chi connectivity index (χ1v) is 10.7. The summed E-state index contributed by atoms with van der Waals surface area (Å²) < 4.78 is 7.83. The van der Waals surface area contributed by atoms with Gasteiger partial charge in [-0.15, -0.1) is 0 Å². The van der Waals surface area contributed by atoms with Crippen LogP contribution >= 0.6 is 0 Å². The van der Waals surface area contributed by atoms with E-state index in [-0.39, 0.29) is 30.1 Å². The number of carbonyl (C=O) groups excluding carboxylic acids is 2. The molecule has 154 valence electrons. The van der Waals surface area contributed by atoms with Crippen LogP contribution in [0.5, 0.6) is 0 Å². The van der Waals surface area contributed by atoms with Crippen molar-refractivity contribution in [2.24, 2.45) is 5.41 Å². The summed E-state index contributed by atoms with van der Waals surface area (Å²) >= 11 is 0. The molecule has 0 bridgehead atoms. The summed E-state index contributed by atoms with van der Waals surface area (Å²) in [5, 5.41) is 1.04. The largest absolute Gasteiger partial charge is 0.444 e. The Morgan fingerprint density at radius 3 is 2.70 bits per heavy atom. The Morgan fingerprint density at radius 2 is 1.90 bits per heavy atom. The van der Waals surface area contributed by atoms with E-state index >= 15 is 0 Å². The molecule has 1 saturated heterocycles. The molecule has 1 aromatic heterocycles. The molecule has 5 nitrogen and oxygen atoms in total. The molecule has 0 aliphatic carbocycles. The van der Waals surface area contributed by atoms with E-state index in [2.05, 4.69) is 11.5 Å². The fourth-order valence-corrected chi connectivity index (χ4v) is 5.32. The van der Waals surface area contributed by atoms with Gasteiger partial charge < -0.3 is 9.30 Å². The fraction of sp³-hybridized carbons (Fsp3) is 0.360. The lowest BCUT2D eigenvalue weighted by Crippen LogP contribution is -2.54. The molecule has 1 amide bonds. The Bertz CT molecular complexity index is 1100. The minimum absolute atomic E-state index is 0.170. The molecule has 0 spiro atoms. The fourth-order valence-electron chi connectivity index (χ4n) is 5.32. The van der Waals surface area contributed by atoms with Gasteiger partial charge in [-0.05, 0) is 37.0 Å². The highest BCUT2D eigenvalue weighted by Crippen LogP contribution is 2.53. The van der Waals surface area contributed by atoms with Crippen molar-refractivity contribution in [1.29, 1.82) is 0 Å². The molecule has 5 heteroatoms. The molecular weight excluding hydrogens is 376 g/mol. The lowest BCUT2D eigenvalue weighted by molar-refractivity contribution is -0.0413. The normalized spacial score (nSPS) is 23.2. The van der Waals surface area contributed by atoms with E-state index in [0.717, 1.165) is 35.7 Å². The van der Waals surface area contributed by atoms with Gasteiger partial charge >= 0.3 is 6.09 Å². The van der Waals surface area contributed by atoms with Gasteiger partial charge in [-0.25, -0.2) is 4.79 Å². The number of ether oxygens (including phenoxy) is 1. The summed E-state index contributed by atoms with van der Waals surface area (Å²) in [6.07, 6.45) is 2.64. The van der Waals surface area contributed by atoms with Gasteiger partial charge in [0.05, 0.1) is 11.2 Å². The van der Waals surface area contributed by atoms with Crippen LogP contribution in [-0.2, 0) is 11.3 Å². The van der Waals surface area contributed by atoms with Crippen molar-refractivity contribution >= 4 is 22.8 Å². The van der Waals surface area contributed by atoms with Crippen molar-refractivity contribution in [3.8, 4) is 0 Å². The number of nitrogens with zero attached hydrogens (tertiary/aromatic N) is 2. The second-order valence-corrected chi connectivity index (χ2v) is 8.49. The maximum absolute atomic E-state index is 13.2. The number of Topliss-reactive ketones (excluding diaryl/α,β-unsaturated/α-hetero) is 1. The lowest BCUT2D eigenvalue weighted by atomic mass is 9.69. The number of hydrogen-bond acceptors (Lipinski definition) is 3. The molecule has 1 fully saturated rings. The summed E-state index contributed by atoms with van der Waals surface area (Å²) in [6.45, 7) is 3.02. The number of para-hydroxylation sites is 1. The molecular formula is C25H26N2O3. The van der Waals surface area contributed by atoms with E-state index in [1.165, 1.54) is 0 Å². The summed E-state index contributed by atoms with van der Waals surface area (Å²) in [7, 11) is 0. The molecule has 0 N–H and O–H groups in total. The Kier molecular flexibility index (Phi) is 4.61. The summed E-state index contributed by atoms with van der Waals surface area (Å²) in [6, 6.07) is 19.8. The second kappa shape index (κ2) is 7.31. The SMILES string of the molecule is CC[C@]12CCCN(C(=O)OCc3ccccc3)C1n1c(cc3ccccc31)C(=O)C2. The van der Waals surface area contributed by atoms with E-state index in [9.17, 15) is 9.59 Å². The quantitative estimate of drug-likeness (QED) is 0.577. The molecule has 2 aliphatic heterocycles. The Labute approximate surface area is 176 Å². The van der Waals surface area contributed by atoms with Crippen molar-refractivity contribution in [3.05, 3.63) is 71.9 Å². The molecule has 2 aliphatic rings. The number of carbonyl (C=O) groups is 2. The third kappa shape index (κ3) is 2.92. The van der Waals surface area contributed by atoms with Crippen molar-refractivity contribution in [3.63, 3.8) is 0 Å². The molecule has 0 saturated carbocycles. The first-order valence-electron chi connectivity index (χ1n) is 10.7. The van der Waals surface area contributed by atoms with Gasteiger partial charge in [-0.1, -0.05) is 55.5 Å². The standard InChI is InChI=1S/C25H26N2O3/c1-2-25-13-8-14-26(24(29)30-17-18-9-4-3-5-10-18)23(25)27-20-12-7-6-11-19(20)15-21(27)22(28)16-25/h3-7,9-12,15,23H,2,8,13-14,16-17H2,1H3/t23?,25-/m1/s1. The van der Waals surface area contributed by atoms with E-state index in [4.69, 9.17) is 4.74 Å². The van der Waals surface area contributed by atoms with Crippen molar-refractivity contribution in [1.82, 2.24) is 9.47 Å². The van der Waals surface area contributed by atoms with Gasteiger partial charge in [0, 0.05) is 23.8 Å². The van der Waals surface area contributed by atoms with Gasteiger partial charge in [0.15, 0.2) is 5.78 Å². The highest BCUT2D eigenvalue weighted by Gasteiger charge is 2.52. The number of amides is 1. The predicted molar refractivity (Wildman–Crippen MR) is 115 cm³/mol. The van der Waals surface area contributed by atoms with Gasteiger partial charge in [0.1, 0.15) is 12.8 Å². The number of benzene rings is 2. The van der Waals surface area contributed by atoms with Crippen LogP contribution in [0.2, 0.25) is 0 Å². The van der Waals surface area contributed by atoms with E-state index < -0.39 is 0 Å². The number of fused-ring (bicyclic) bond motifs is 5. The third-order valence-electron chi connectivity index (χ3n) is 6.85. The van der Waals surface area contributed by atoms with Crippen LogP contribution in [0.25, 0.3) is 10.9 Å². The van der Waals surface area contributed by atoms with Crippen molar-refractivity contribution in [2.75, 3.05) is 6.54 Å². The van der Waals surface area contributed by atoms with Crippen LogP contribution in [-0.4, -0.2) is 27.9 Å². The van der Waals surface area contributed by atoms with E-state index in [0.29, 0.717) is 18.7 Å². The number of ketones is 1. The molecule has 2 atom stereocenters. The first kappa shape index (κ1) is 18.9. The van der Waals surface area contributed by atoms with Crippen LogP contribution < -0.4 is 0 Å². The molecule has 0 radical (unpaired) electrons. The summed E-state index contributed by atoms with van der Waals surface area (Å²) in [4.78, 5) is 28.2. The second-order valence-electron chi connectivity index (χ2n) is 8.49. The Morgan fingerprint density at radius 1 is 1.13 bits per heavy atom. The number of hydrogen-bond donors (Lipinski definition) is 0. The van der Waals surface area contributed by atoms with E-state index in [1.807, 2.05) is 65.6 Å². The third-order valence-corrected chi connectivity index (χ3v) is 6.85. The molecule has 1 unspecified atom stereocenters. The number of likely N-dealkylation sites (tertiary alicyclic amines) is 1. The number of aromatic nitrogens is 1. The molecule has 30 heavy (non-hydrogen) atoms. The van der Waals surface area contributed by atoms with Crippen LogP contribution in [0.15, 0.2) is 60.7 Å². The summed E-state index contributed by atoms with van der Waals surface area (Å²) in [5.74, 6) is 0.170. The minimum atomic E-state index is -0.306. The maximum Gasteiger partial charge on any atom is 0.411 e. The minimum Gasteiger partial charge on any atom is -0.444 e. The van der Waals surface area contributed by atoms with Gasteiger partial charge in [0.2, 0.25) is 0 Å². The van der Waals surface area contributed by atoms with Gasteiger partial charge in [-0.2, -0.15) is 0 Å². The zero-order valence-electron chi connectivity index (χ0n) is 17.2. The zero-order chi connectivity index (χ0) is 20.7. The molecule has 2 aromatic carbocycles. The smallest absolute Gasteiger partial charge is 0.411 e. The Hall–Kier alpha value is -3.08. The van der Waals surface area contributed by atoms with E-state index in [1.54, 1.807) is 0 Å². The van der Waals surface area contributed by atoms with Crippen LogP contribution in [0.3, 0.4) is 0 Å².